The topological polar surface area (TPSA) is 22.1 Å². The minimum Gasteiger partial charge on any atom is -0.497 e. The summed E-state index contributed by atoms with van der Waals surface area (Å²) >= 11 is 1.64. The second-order valence-electron chi connectivity index (χ2n) is 3.44. The summed E-state index contributed by atoms with van der Waals surface area (Å²) in [5.41, 5.74) is 0. The van der Waals surface area contributed by atoms with E-state index in [9.17, 15) is 17.3 Å². The summed E-state index contributed by atoms with van der Waals surface area (Å²) in [6, 6.07) is 13.8. The number of halogens is 4. The Morgan fingerprint density at radius 1 is 1.00 bits per heavy atom. The van der Waals surface area contributed by atoms with Gasteiger partial charge in [-0.05, 0) is 36.4 Å². The predicted molar refractivity (Wildman–Crippen MR) is 71.5 cm³/mol. The molecule has 2 rings (SSSR count). The number of hydrogen-bond donors (Lipinski definition) is 0. The van der Waals surface area contributed by atoms with Gasteiger partial charge in [-0.1, -0.05) is 17.8 Å². The quantitative estimate of drug-likeness (QED) is 0.614. The van der Waals surface area contributed by atoms with Gasteiger partial charge in [0.2, 0.25) is 0 Å². The molecule has 0 bridgehead atoms. The van der Waals surface area contributed by atoms with Gasteiger partial charge in [-0.3, -0.25) is 0 Å². The zero-order valence-corrected chi connectivity index (χ0v) is 11.3. The highest BCUT2D eigenvalue weighted by molar-refractivity contribution is 7.99. The van der Waals surface area contributed by atoms with E-state index < -0.39 is 7.25 Å². The molecule has 20 heavy (non-hydrogen) atoms. The summed E-state index contributed by atoms with van der Waals surface area (Å²) in [5, 5.41) is 1.00. The zero-order valence-electron chi connectivity index (χ0n) is 10.5. The molecule has 0 radical (unpaired) electrons. The molecule has 0 saturated carbocycles. The van der Waals surface area contributed by atoms with Crippen LogP contribution in [0.25, 0.3) is 0 Å². The highest BCUT2D eigenvalue weighted by Crippen LogP contribution is 2.26. The first-order chi connectivity index (χ1) is 9.38. The normalized spacial score (nSPS) is 10.4. The van der Waals surface area contributed by atoms with Gasteiger partial charge in [0.25, 0.3) is 0 Å². The molecule has 0 aliphatic rings. The molecule has 2 nitrogen and oxygen atoms in total. The Hall–Kier alpha value is -1.70. The highest BCUT2D eigenvalue weighted by atomic mass is 32.2. The fraction of sp³-hybridized carbons (Fsp3) is 0.0833. The molecule has 108 valence electrons. The van der Waals surface area contributed by atoms with Crippen LogP contribution < -0.4 is 4.74 Å². The van der Waals surface area contributed by atoms with Crippen molar-refractivity contribution >= 4 is 19.0 Å². The van der Waals surface area contributed by atoms with Crippen LogP contribution in [-0.4, -0.2) is 19.3 Å². The lowest BCUT2D eigenvalue weighted by Crippen LogP contribution is -2.02. The molecule has 0 aliphatic heterocycles. The number of rotatable bonds is 3. The van der Waals surface area contributed by atoms with Crippen molar-refractivity contribution in [2.75, 3.05) is 7.11 Å². The summed E-state index contributed by atoms with van der Waals surface area (Å²) in [6.45, 7) is 0. The molecule has 1 heterocycles. The third-order valence-electron chi connectivity index (χ3n) is 1.92. The third kappa shape index (κ3) is 7.68. The number of nitrogens with zero attached hydrogens (tertiary/aromatic N) is 1. The first-order valence-corrected chi connectivity index (χ1v) is 6.30. The van der Waals surface area contributed by atoms with Crippen molar-refractivity contribution in [2.24, 2.45) is 0 Å². The Morgan fingerprint density at radius 3 is 2.05 bits per heavy atom. The maximum Gasteiger partial charge on any atom is 0.673 e. The lowest BCUT2D eigenvalue weighted by Gasteiger charge is -2.02. The van der Waals surface area contributed by atoms with Crippen LogP contribution in [0, 0.1) is 0 Å². The van der Waals surface area contributed by atoms with Gasteiger partial charge >= 0.3 is 7.25 Å². The molecular weight excluding hydrogens is 293 g/mol. The molecule has 0 aliphatic carbocycles. The zero-order chi connectivity index (χ0) is 15.0. The SMILES string of the molecule is COc1ccc(Sc2ccccn2)cc1.F[B-](F)(F)F. The van der Waals surface area contributed by atoms with Gasteiger partial charge in [-0.25, -0.2) is 4.98 Å². The fourth-order valence-corrected chi connectivity index (χ4v) is 1.95. The molecule has 0 spiro atoms. The van der Waals surface area contributed by atoms with Gasteiger partial charge in [0.1, 0.15) is 10.8 Å². The largest absolute Gasteiger partial charge is 0.673 e. The molecule has 0 amide bonds. The molecular formula is C12H11BF4NOS-. The second-order valence-corrected chi connectivity index (χ2v) is 4.53. The number of ether oxygens (including phenoxy) is 1. The summed E-state index contributed by atoms with van der Waals surface area (Å²) in [5.74, 6) is 0.875. The van der Waals surface area contributed by atoms with Crippen LogP contribution >= 0.6 is 11.8 Å². The number of methoxy groups -OCH3 is 1. The van der Waals surface area contributed by atoms with Crippen LogP contribution in [0.1, 0.15) is 0 Å². The van der Waals surface area contributed by atoms with Crippen LogP contribution in [0.5, 0.6) is 5.75 Å². The monoisotopic (exact) mass is 304 g/mol. The Kier molecular flexibility index (Phi) is 6.37. The molecule has 1 aromatic carbocycles. The Morgan fingerprint density at radius 2 is 1.60 bits per heavy atom. The van der Waals surface area contributed by atoms with Gasteiger partial charge in [0, 0.05) is 11.1 Å². The van der Waals surface area contributed by atoms with Gasteiger partial charge in [-0.2, -0.15) is 0 Å². The fourth-order valence-electron chi connectivity index (χ4n) is 1.17. The first kappa shape index (κ1) is 16.4. The first-order valence-electron chi connectivity index (χ1n) is 5.49. The van der Waals surface area contributed by atoms with Gasteiger partial charge < -0.3 is 22.0 Å². The van der Waals surface area contributed by atoms with E-state index in [-0.39, 0.29) is 0 Å². The summed E-state index contributed by atoms with van der Waals surface area (Å²) in [6.07, 6.45) is 1.80. The molecule has 8 heteroatoms. The summed E-state index contributed by atoms with van der Waals surface area (Å²) in [7, 11) is -4.33. The Labute approximate surface area is 118 Å². The summed E-state index contributed by atoms with van der Waals surface area (Å²) < 4.78 is 44.1. The lowest BCUT2D eigenvalue weighted by atomic mass is 10.3. The molecule has 0 atom stereocenters. The predicted octanol–water partition coefficient (Wildman–Crippen LogP) is 4.54. The van der Waals surface area contributed by atoms with Gasteiger partial charge in [0.05, 0.1) is 7.11 Å². The molecule has 0 N–H and O–H groups in total. The molecule has 1 aromatic heterocycles. The van der Waals surface area contributed by atoms with E-state index in [1.807, 2.05) is 42.5 Å². The van der Waals surface area contributed by atoms with E-state index in [0.717, 1.165) is 15.7 Å². The van der Waals surface area contributed by atoms with E-state index in [2.05, 4.69) is 4.98 Å². The number of pyridine rings is 1. The van der Waals surface area contributed by atoms with Crippen molar-refractivity contribution in [2.45, 2.75) is 9.92 Å². The minimum atomic E-state index is -6.00. The van der Waals surface area contributed by atoms with Crippen molar-refractivity contribution in [3.63, 3.8) is 0 Å². The lowest BCUT2D eigenvalue weighted by molar-refractivity contribution is 0.368. The Bertz CT molecular complexity index is 501. The van der Waals surface area contributed by atoms with E-state index in [1.165, 1.54) is 0 Å². The van der Waals surface area contributed by atoms with Crippen LogP contribution in [0.15, 0.2) is 58.6 Å². The van der Waals surface area contributed by atoms with Crippen molar-refractivity contribution in [1.29, 1.82) is 0 Å². The number of hydrogen-bond acceptors (Lipinski definition) is 3. The maximum atomic E-state index is 9.75. The second kappa shape index (κ2) is 7.79. The Balaban J connectivity index is 0.000000347. The van der Waals surface area contributed by atoms with Gasteiger partial charge in [0.15, 0.2) is 0 Å². The highest BCUT2D eigenvalue weighted by Gasteiger charge is 2.20. The standard InChI is InChI=1S/C12H11NOS.BF4/c1-14-10-5-7-11(8-6-10)15-12-4-2-3-9-13-12;2-1(3,4)5/h2-9H,1H3;/q;-1. The third-order valence-corrected chi connectivity index (χ3v) is 2.88. The van der Waals surface area contributed by atoms with E-state index >= 15 is 0 Å². The molecule has 0 fully saturated rings. The van der Waals surface area contributed by atoms with Gasteiger partial charge in [-0.15, -0.1) is 0 Å². The average Bonchev–Trinajstić information content (AvgIpc) is 2.39. The molecule has 2 aromatic rings. The van der Waals surface area contributed by atoms with Crippen LogP contribution in [0.2, 0.25) is 0 Å². The average molecular weight is 304 g/mol. The van der Waals surface area contributed by atoms with E-state index in [4.69, 9.17) is 4.74 Å². The van der Waals surface area contributed by atoms with Crippen molar-refractivity contribution in [3.8, 4) is 5.75 Å². The van der Waals surface area contributed by atoms with Crippen LogP contribution in [0.3, 0.4) is 0 Å². The maximum absolute atomic E-state index is 9.75. The molecule has 0 saturated heterocycles. The van der Waals surface area contributed by atoms with Crippen LogP contribution in [0.4, 0.5) is 17.3 Å². The molecule has 0 unspecified atom stereocenters. The van der Waals surface area contributed by atoms with E-state index in [1.54, 1.807) is 25.1 Å². The van der Waals surface area contributed by atoms with Crippen molar-refractivity contribution < 1.29 is 22.0 Å². The van der Waals surface area contributed by atoms with Crippen LogP contribution in [-0.2, 0) is 0 Å². The van der Waals surface area contributed by atoms with E-state index in [0.29, 0.717) is 0 Å². The number of benzene rings is 1. The van der Waals surface area contributed by atoms with Crippen molar-refractivity contribution in [3.05, 3.63) is 48.7 Å². The summed E-state index contributed by atoms with van der Waals surface area (Å²) in [4.78, 5) is 5.41. The van der Waals surface area contributed by atoms with Crippen molar-refractivity contribution in [1.82, 2.24) is 4.98 Å². The number of aromatic nitrogens is 1. The minimum absolute atomic E-state index is 0.875. The smallest absolute Gasteiger partial charge is 0.497 e.